The van der Waals surface area contributed by atoms with Crippen LogP contribution < -0.4 is 0 Å². The number of hydrogen-bond acceptors (Lipinski definition) is 3. The molecule has 1 aromatic carbocycles. The van der Waals surface area contributed by atoms with Gasteiger partial charge in [0.05, 0.1) is 17.2 Å². The van der Waals surface area contributed by atoms with Crippen molar-refractivity contribution in [2.45, 2.75) is 103 Å². The molecule has 2 aromatic heterocycles. The Morgan fingerprint density at radius 3 is 2.54 bits per heavy atom. The fraction of sp³-hybridized carbons (Fsp3) is 0.621. The summed E-state index contributed by atoms with van der Waals surface area (Å²) in [4.78, 5) is 20.7. The Labute approximate surface area is 209 Å². The van der Waals surface area contributed by atoms with E-state index < -0.39 is 0 Å². The van der Waals surface area contributed by atoms with Crippen LogP contribution in [0.2, 0.25) is 0 Å². The number of nitrogens with one attached hydrogen (secondary N) is 1. The average Bonchev–Trinajstić information content (AvgIpc) is 3.57. The molecule has 2 aliphatic carbocycles. The van der Waals surface area contributed by atoms with E-state index >= 15 is 0 Å². The van der Waals surface area contributed by atoms with Crippen molar-refractivity contribution in [3.05, 3.63) is 36.4 Å². The molecule has 0 spiro atoms. The van der Waals surface area contributed by atoms with Crippen LogP contribution in [0.5, 0.6) is 0 Å². The van der Waals surface area contributed by atoms with Crippen LogP contribution in [0.4, 0.5) is 0 Å². The molecule has 0 unspecified atom stereocenters. The van der Waals surface area contributed by atoms with Gasteiger partial charge in [-0.1, -0.05) is 38.7 Å². The minimum atomic E-state index is 0.299. The Hall–Kier alpha value is -2.63. The molecule has 5 rings (SSSR count). The number of imidazole rings is 1. The van der Waals surface area contributed by atoms with Gasteiger partial charge in [0, 0.05) is 43.2 Å². The number of benzene rings is 1. The molecule has 0 saturated heterocycles. The maximum Gasteiger partial charge on any atom is 0.224 e. The fourth-order valence-corrected chi connectivity index (χ4v) is 6.49. The number of aromatic nitrogens is 4. The minimum absolute atomic E-state index is 0.299. The summed E-state index contributed by atoms with van der Waals surface area (Å²) < 4.78 is 2.38. The van der Waals surface area contributed by atoms with Crippen molar-refractivity contribution in [2.75, 3.05) is 6.54 Å². The van der Waals surface area contributed by atoms with Crippen molar-refractivity contribution < 1.29 is 4.79 Å². The predicted molar refractivity (Wildman–Crippen MR) is 141 cm³/mol. The molecule has 35 heavy (non-hydrogen) atoms. The van der Waals surface area contributed by atoms with Gasteiger partial charge >= 0.3 is 0 Å². The second-order valence-electron chi connectivity index (χ2n) is 10.7. The number of fused-ring (bicyclic) bond motifs is 1. The largest absolute Gasteiger partial charge is 0.340 e. The van der Waals surface area contributed by atoms with Crippen LogP contribution in [0, 0.1) is 5.92 Å². The zero-order chi connectivity index (χ0) is 24.2. The lowest BCUT2D eigenvalue weighted by molar-refractivity contribution is -0.134. The molecule has 1 N–H and O–H groups in total. The summed E-state index contributed by atoms with van der Waals surface area (Å²) in [6.45, 7) is 5.96. The van der Waals surface area contributed by atoms with Gasteiger partial charge in [0.25, 0.3) is 0 Å². The van der Waals surface area contributed by atoms with Crippen molar-refractivity contribution in [2.24, 2.45) is 5.92 Å². The van der Waals surface area contributed by atoms with Crippen LogP contribution in [0.15, 0.2) is 30.6 Å². The first-order valence-corrected chi connectivity index (χ1v) is 14.0. The molecule has 6 heteroatoms. The summed E-state index contributed by atoms with van der Waals surface area (Å²) in [6.07, 6.45) is 16.7. The zero-order valence-corrected chi connectivity index (χ0v) is 21.5. The van der Waals surface area contributed by atoms with Crippen molar-refractivity contribution in [3.8, 4) is 11.1 Å². The molecule has 2 aliphatic rings. The molecule has 2 heterocycles. The summed E-state index contributed by atoms with van der Waals surface area (Å²) in [6, 6.07) is 6.93. The quantitative estimate of drug-likeness (QED) is 0.395. The number of aromatic amines is 1. The Morgan fingerprint density at radius 2 is 1.86 bits per heavy atom. The summed E-state index contributed by atoms with van der Waals surface area (Å²) in [5.41, 5.74) is 4.40. The summed E-state index contributed by atoms with van der Waals surface area (Å²) in [7, 11) is 0. The number of carbonyl (C=O) groups is 1. The summed E-state index contributed by atoms with van der Waals surface area (Å²) in [5, 5.41) is 7.05. The van der Waals surface area contributed by atoms with Crippen LogP contribution in [-0.4, -0.2) is 43.1 Å². The number of amides is 1. The van der Waals surface area contributed by atoms with Crippen LogP contribution in [-0.2, 0) is 11.3 Å². The van der Waals surface area contributed by atoms with Crippen molar-refractivity contribution in [1.82, 2.24) is 24.6 Å². The van der Waals surface area contributed by atoms with Crippen LogP contribution >= 0.6 is 0 Å². The zero-order valence-electron chi connectivity index (χ0n) is 21.5. The molecule has 0 atom stereocenters. The van der Waals surface area contributed by atoms with Crippen molar-refractivity contribution in [3.63, 3.8) is 0 Å². The van der Waals surface area contributed by atoms with Crippen LogP contribution in [0.25, 0.3) is 22.2 Å². The smallest absolute Gasteiger partial charge is 0.224 e. The first-order chi connectivity index (χ1) is 17.2. The summed E-state index contributed by atoms with van der Waals surface area (Å²) >= 11 is 0. The fourth-order valence-electron chi connectivity index (χ4n) is 6.49. The molecule has 2 saturated carbocycles. The van der Waals surface area contributed by atoms with E-state index in [4.69, 9.17) is 4.98 Å². The van der Waals surface area contributed by atoms with Gasteiger partial charge in [0.1, 0.15) is 5.82 Å². The lowest BCUT2D eigenvalue weighted by Crippen LogP contribution is -2.41. The standard InChI is InChI=1S/C29H41N5O/c1-3-21-10-12-22(13-11-21)29-32-26-15-14-23(24-19-30-31-20-24)18-27(26)34(29)17-16-28(35)33(4-2)25-8-6-5-7-9-25/h14-15,18-22,25H,3-13,16-17H2,1-2H3,(H,30,31). The third-order valence-corrected chi connectivity index (χ3v) is 8.62. The van der Waals surface area contributed by atoms with E-state index in [1.54, 1.807) is 0 Å². The normalized spacial score (nSPS) is 21.4. The van der Waals surface area contributed by atoms with Crippen molar-refractivity contribution >= 4 is 16.9 Å². The Bertz CT molecular complexity index is 1100. The van der Waals surface area contributed by atoms with E-state index in [1.807, 2.05) is 12.4 Å². The highest BCUT2D eigenvalue weighted by Gasteiger charge is 2.28. The first kappa shape index (κ1) is 24.1. The van der Waals surface area contributed by atoms with E-state index in [0.717, 1.165) is 47.5 Å². The van der Waals surface area contributed by atoms with Crippen LogP contribution in [0.3, 0.4) is 0 Å². The molecule has 0 bridgehead atoms. The predicted octanol–water partition coefficient (Wildman–Crippen LogP) is 6.68. The second-order valence-corrected chi connectivity index (χ2v) is 10.7. The number of carbonyl (C=O) groups excluding carboxylic acids is 1. The summed E-state index contributed by atoms with van der Waals surface area (Å²) in [5.74, 6) is 2.82. The Morgan fingerprint density at radius 1 is 1.06 bits per heavy atom. The van der Waals surface area contributed by atoms with Gasteiger partial charge in [-0.2, -0.15) is 5.10 Å². The maximum atomic E-state index is 13.4. The van der Waals surface area contributed by atoms with Gasteiger partial charge in [0.15, 0.2) is 0 Å². The molecule has 6 nitrogen and oxygen atoms in total. The molecule has 188 valence electrons. The van der Waals surface area contributed by atoms with E-state index in [0.29, 0.717) is 30.8 Å². The van der Waals surface area contributed by atoms with Gasteiger partial charge < -0.3 is 9.47 Å². The van der Waals surface area contributed by atoms with Gasteiger partial charge in [-0.05, 0) is 69.1 Å². The molecule has 0 aliphatic heterocycles. The van der Waals surface area contributed by atoms with Gasteiger partial charge in [-0.15, -0.1) is 0 Å². The minimum Gasteiger partial charge on any atom is -0.340 e. The number of nitrogens with zero attached hydrogens (tertiary/aromatic N) is 4. The van der Waals surface area contributed by atoms with E-state index in [1.165, 1.54) is 57.2 Å². The number of aryl methyl sites for hydroxylation is 1. The maximum absolute atomic E-state index is 13.4. The number of hydrogen-bond donors (Lipinski definition) is 1. The highest BCUT2D eigenvalue weighted by molar-refractivity contribution is 5.83. The van der Waals surface area contributed by atoms with E-state index in [9.17, 15) is 4.79 Å². The number of H-pyrrole nitrogens is 1. The highest BCUT2D eigenvalue weighted by Crippen LogP contribution is 2.38. The monoisotopic (exact) mass is 475 g/mol. The Balaban J connectivity index is 1.42. The van der Waals surface area contributed by atoms with Gasteiger partial charge in [-0.3, -0.25) is 9.89 Å². The second kappa shape index (κ2) is 11.0. The average molecular weight is 476 g/mol. The molecule has 1 amide bonds. The SMILES string of the molecule is CCC1CCC(c2nc3ccc(-c4cn[nH]c4)cc3n2CCC(=O)N(CC)C2CCCCC2)CC1. The first-order valence-electron chi connectivity index (χ1n) is 14.0. The molecule has 2 fully saturated rings. The Kier molecular flexibility index (Phi) is 7.54. The molecule has 3 aromatic rings. The van der Waals surface area contributed by atoms with Crippen molar-refractivity contribution in [1.29, 1.82) is 0 Å². The van der Waals surface area contributed by atoms with Gasteiger partial charge in [0.2, 0.25) is 5.91 Å². The molecular formula is C29H41N5O. The molecular weight excluding hydrogens is 434 g/mol. The third kappa shape index (κ3) is 5.17. The molecule has 0 radical (unpaired) electrons. The third-order valence-electron chi connectivity index (χ3n) is 8.62. The lowest BCUT2D eigenvalue weighted by Gasteiger charge is -2.34. The van der Waals surface area contributed by atoms with Gasteiger partial charge in [-0.25, -0.2) is 4.98 Å². The topological polar surface area (TPSA) is 66.8 Å². The van der Waals surface area contributed by atoms with E-state index in [-0.39, 0.29) is 0 Å². The highest BCUT2D eigenvalue weighted by atomic mass is 16.2. The van der Waals surface area contributed by atoms with Crippen LogP contribution in [0.1, 0.15) is 96.2 Å². The van der Waals surface area contributed by atoms with E-state index in [2.05, 4.69) is 51.7 Å². The lowest BCUT2D eigenvalue weighted by atomic mass is 9.80. The number of rotatable bonds is 8.